The summed E-state index contributed by atoms with van der Waals surface area (Å²) in [5.41, 5.74) is 1.70. The zero-order chi connectivity index (χ0) is 19.5. The quantitative estimate of drug-likeness (QED) is 0.722. The van der Waals surface area contributed by atoms with Gasteiger partial charge < -0.3 is 20.1 Å². The molecule has 7 heteroatoms. The average Bonchev–Trinajstić information content (AvgIpc) is 2.73. The highest BCUT2D eigenvalue weighted by Gasteiger charge is 2.18. The normalized spacial score (nSPS) is 15.0. The molecule has 1 saturated heterocycles. The van der Waals surface area contributed by atoms with Crippen molar-refractivity contribution >= 4 is 22.6 Å². The van der Waals surface area contributed by atoms with E-state index in [9.17, 15) is 9.59 Å². The summed E-state index contributed by atoms with van der Waals surface area (Å²) in [6.45, 7) is 4.14. The fourth-order valence-electron chi connectivity index (χ4n) is 3.46. The molecule has 3 aromatic rings. The summed E-state index contributed by atoms with van der Waals surface area (Å²) in [5, 5.41) is 3.48. The molecule has 1 aromatic carbocycles. The Morgan fingerprint density at radius 3 is 2.75 bits per heavy atom. The van der Waals surface area contributed by atoms with Gasteiger partial charge in [0.05, 0.1) is 0 Å². The third kappa shape index (κ3) is 3.75. The number of fused-ring (bicyclic) bond motifs is 1. The molecule has 7 nitrogen and oxygen atoms in total. The van der Waals surface area contributed by atoms with Gasteiger partial charge in [-0.15, -0.1) is 0 Å². The van der Waals surface area contributed by atoms with Gasteiger partial charge in [-0.3, -0.25) is 9.59 Å². The van der Waals surface area contributed by atoms with Crippen molar-refractivity contribution < 1.29 is 4.79 Å². The second-order valence-electron chi connectivity index (χ2n) is 7.05. The molecular weight excluding hydrogens is 354 g/mol. The van der Waals surface area contributed by atoms with Gasteiger partial charge in [0.2, 0.25) is 0 Å². The number of H-pyrrole nitrogens is 1. The van der Waals surface area contributed by atoms with Gasteiger partial charge in [0, 0.05) is 61.5 Å². The van der Waals surface area contributed by atoms with Gasteiger partial charge in [-0.25, -0.2) is 4.98 Å². The number of amides is 1. The number of hydrogen-bond donors (Lipinski definition) is 2. The van der Waals surface area contributed by atoms with Crippen LogP contribution in [0.25, 0.3) is 10.9 Å². The van der Waals surface area contributed by atoms with Crippen molar-refractivity contribution in [1.29, 1.82) is 0 Å². The molecule has 3 heterocycles. The van der Waals surface area contributed by atoms with Gasteiger partial charge in [0.1, 0.15) is 11.5 Å². The number of hydrogen-bond acceptors (Lipinski definition) is 5. The fraction of sp³-hybridized carbons (Fsp3) is 0.286. The molecule has 0 spiro atoms. The minimum atomic E-state index is -0.309. The number of carbonyl (C=O) groups is 1. The molecule has 0 bridgehead atoms. The van der Waals surface area contributed by atoms with E-state index in [2.05, 4.69) is 32.1 Å². The van der Waals surface area contributed by atoms with Crippen molar-refractivity contribution in [2.24, 2.45) is 0 Å². The lowest BCUT2D eigenvalue weighted by Gasteiger charge is -2.34. The van der Waals surface area contributed by atoms with Crippen LogP contribution in [-0.2, 0) is 6.54 Å². The van der Waals surface area contributed by atoms with Crippen molar-refractivity contribution in [3.8, 4) is 0 Å². The van der Waals surface area contributed by atoms with Crippen LogP contribution in [0.15, 0.2) is 53.5 Å². The van der Waals surface area contributed by atoms with E-state index in [0.717, 1.165) is 37.6 Å². The second-order valence-corrected chi connectivity index (χ2v) is 7.05. The van der Waals surface area contributed by atoms with E-state index < -0.39 is 0 Å². The van der Waals surface area contributed by atoms with E-state index in [-0.39, 0.29) is 17.0 Å². The summed E-state index contributed by atoms with van der Waals surface area (Å²) in [7, 11) is 2.11. The highest BCUT2D eigenvalue weighted by molar-refractivity contribution is 5.94. The average molecular weight is 377 g/mol. The first-order valence-corrected chi connectivity index (χ1v) is 9.39. The minimum absolute atomic E-state index is 0.168. The van der Waals surface area contributed by atoms with Crippen molar-refractivity contribution in [2.45, 2.75) is 6.54 Å². The predicted molar refractivity (Wildman–Crippen MR) is 110 cm³/mol. The van der Waals surface area contributed by atoms with E-state index in [1.165, 1.54) is 6.07 Å². The molecule has 0 aliphatic carbocycles. The molecule has 0 saturated carbocycles. The molecule has 28 heavy (non-hydrogen) atoms. The van der Waals surface area contributed by atoms with Gasteiger partial charge in [0.25, 0.3) is 5.91 Å². The maximum atomic E-state index is 12.6. The summed E-state index contributed by atoms with van der Waals surface area (Å²) < 4.78 is 0. The standard InChI is InChI=1S/C21H23N5O2/c1-25-9-11-26(12-10-25)20-15(5-4-8-22-20)14-23-21(28)18-13-19(27)16-6-2-3-7-17(16)24-18/h2-8,13H,9-12,14H2,1H3,(H,23,28)(H,24,27). The van der Waals surface area contributed by atoms with Crippen LogP contribution >= 0.6 is 0 Å². The zero-order valence-electron chi connectivity index (χ0n) is 15.8. The first-order valence-electron chi connectivity index (χ1n) is 9.39. The smallest absolute Gasteiger partial charge is 0.268 e. The Morgan fingerprint density at radius 1 is 1.14 bits per heavy atom. The number of para-hydroxylation sites is 1. The number of likely N-dealkylation sites (N-methyl/N-ethyl adjacent to an activating group) is 1. The van der Waals surface area contributed by atoms with Crippen LogP contribution < -0.4 is 15.6 Å². The van der Waals surface area contributed by atoms with E-state index in [1.807, 2.05) is 18.2 Å². The Bertz CT molecular complexity index is 1050. The van der Waals surface area contributed by atoms with Crippen LogP contribution in [0.1, 0.15) is 16.1 Å². The Morgan fingerprint density at radius 2 is 1.93 bits per heavy atom. The molecule has 144 valence electrons. The molecule has 1 fully saturated rings. The maximum absolute atomic E-state index is 12.6. The molecule has 1 aliphatic heterocycles. The lowest BCUT2D eigenvalue weighted by molar-refractivity contribution is 0.0946. The first kappa shape index (κ1) is 18.2. The Kier molecular flexibility index (Phi) is 5.08. The molecule has 2 aromatic heterocycles. The van der Waals surface area contributed by atoms with Crippen molar-refractivity contribution in [3.63, 3.8) is 0 Å². The second kappa shape index (κ2) is 7.82. The molecule has 2 N–H and O–H groups in total. The van der Waals surface area contributed by atoms with Crippen LogP contribution in [0.5, 0.6) is 0 Å². The number of aromatic amines is 1. The molecule has 0 unspecified atom stereocenters. The Hall–Kier alpha value is -3.19. The number of rotatable bonds is 4. The number of benzene rings is 1. The van der Waals surface area contributed by atoms with Gasteiger partial charge >= 0.3 is 0 Å². The number of pyridine rings is 2. The Labute approximate surface area is 163 Å². The summed E-state index contributed by atoms with van der Waals surface area (Å²) in [6, 6.07) is 12.4. The summed E-state index contributed by atoms with van der Waals surface area (Å²) in [6.07, 6.45) is 1.78. The lowest BCUT2D eigenvalue weighted by atomic mass is 10.2. The molecular formula is C21H23N5O2. The maximum Gasteiger partial charge on any atom is 0.268 e. The Balaban J connectivity index is 1.51. The highest BCUT2D eigenvalue weighted by atomic mass is 16.2. The summed E-state index contributed by atoms with van der Waals surface area (Å²) in [4.78, 5) is 37.0. The SMILES string of the molecule is CN1CCN(c2ncccc2CNC(=O)c2cc(=O)c3ccccc3[nH]2)CC1. The van der Waals surface area contributed by atoms with Crippen LogP contribution in [0, 0.1) is 0 Å². The van der Waals surface area contributed by atoms with Crippen LogP contribution in [0.4, 0.5) is 5.82 Å². The van der Waals surface area contributed by atoms with Crippen molar-refractivity contribution in [1.82, 2.24) is 20.2 Å². The lowest BCUT2D eigenvalue weighted by Crippen LogP contribution is -2.45. The molecule has 0 atom stereocenters. The van der Waals surface area contributed by atoms with Crippen LogP contribution in [0.3, 0.4) is 0 Å². The molecule has 4 rings (SSSR count). The number of nitrogens with zero attached hydrogens (tertiary/aromatic N) is 3. The van der Waals surface area contributed by atoms with E-state index in [0.29, 0.717) is 17.4 Å². The molecule has 1 amide bonds. The number of anilines is 1. The van der Waals surface area contributed by atoms with E-state index in [1.54, 1.807) is 24.4 Å². The molecule has 1 aliphatic rings. The number of piperazine rings is 1. The third-order valence-electron chi connectivity index (χ3n) is 5.09. The summed E-state index contributed by atoms with van der Waals surface area (Å²) in [5.74, 6) is 0.596. The topological polar surface area (TPSA) is 81.3 Å². The van der Waals surface area contributed by atoms with Crippen molar-refractivity contribution in [2.75, 3.05) is 38.1 Å². The van der Waals surface area contributed by atoms with E-state index >= 15 is 0 Å². The van der Waals surface area contributed by atoms with E-state index in [4.69, 9.17) is 0 Å². The monoisotopic (exact) mass is 377 g/mol. The van der Waals surface area contributed by atoms with Crippen molar-refractivity contribution in [3.05, 3.63) is 70.1 Å². The van der Waals surface area contributed by atoms with Gasteiger partial charge in [-0.1, -0.05) is 18.2 Å². The predicted octanol–water partition coefficient (Wildman–Crippen LogP) is 1.60. The molecule has 0 radical (unpaired) electrons. The third-order valence-corrected chi connectivity index (χ3v) is 5.09. The largest absolute Gasteiger partial charge is 0.354 e. The fourth-order valence-corrected chi connectivity index (χ4v) is 3.46. The minimum Gasteiger partial charge on any atom is -0.354 e. The van der Waals surface area contributed by atoms with Crippen LogP contribution in [-0.4, -0.2) is 54.0 Å². The van der Waals surface area contributed by atoms with Gasteiger partial charge in [-0.2, -0.15) is 0 Å². The first-order chi connectivity index (χ1) is 13.6. The highest BCUT2D eigenvalue weighted by Crippen LogP contribution is 2.18. The van der Waals surface area contributed by atoms with Crippen LogP contribution in [0.2, 0.25) is 0 Å². The van der Waals surface area contributed by atoms with Gasteiger partial charge in [-0.05, 0) is 25.2 Å². The number of carbonyl (C=O) groups excluding carboxylic acids is 1. The zero-order valence-corrected chi connectivity index (χ0v) is 15.8. The van der Waals surface area contributed by atoms with Gasteiger partial charge in [0.15, 0.2) is 5.43 Å². The number of nitrogens with one attached hydrogen (secondary N) is 2. The summed E-state index contributed by atoms with van der Waals surface area (Å²) >= 11 is 0. The number of aromatic nitrogens is 2.